The van der Waals surface area contributed by atoms with E-state index in [0.717, 1.165) is 0 Å². The van der Waals surface area contributed by atoms with Crippen molar-refractivity contribution in [3.63, 3.8) is 0 Å². The first-order valence-corrected chi connectivity index (χ1v) is 10.8. The van der Waals surface area contributed by atoms with Crippen molar-refractivity contribution in [2.75, 3.05) is 0 Å². The Morgan fingerprint density at radius 3 is 1.08 bits per heavy atom. The van der Waals surface area contributed by atoms with Crippen LogP contribution < -0.4 is 0 Å². The van der Waals surface area contributed by atoms with Gasteiger partial charge in [0, 0.05) is 26.2 Å². The Balaban J connectivity index is 0.000000244. The fourth-order valence-electron chi connectivity index (χ4n) is 2.81. The van der Waals surface area contributed by atoms with Crippen LogP contribution in [-0.4, -0.2) is 33.2 Å². The fourth-order valence-corrected chi connectivity index (χ4v) is 2.81. The Hall–Kier alpha value is -4.22. The van der Waals surface area contributed by atoms with Crippen molar-refractivity contribution in [2.24, 2.45) is 0 Å². The van der Waals surface area contributed by atoms with Crippen LogP contribution in [0.1, 0.15) is 31.1 Å². The van der Waals surface area contributed by atoms with Gasteiger partial charge in [0.2, 0.25) is 0 Å². The summed E-state index contributed by atoms with van der Waals surface area (Å²) in [6, 6.07) is 39.6. The van der Waals surface area contributed by atoms with Gasteiger partial charge in [-0.1, -0.05) is 60.7 Å². The van der Waals surface area contributed by atoms with Crippen LogP contribution in [0.25, 0.3) is 10.8 Å². The molecule has 0 aromatic heterocycles. The normalized spacial score (nSPS) is 8.97. The molecule has 0 atom stereocenters. The minimum Gasteiger partial charge on any atom is -0.478 e. The minimum atomic E-state index is -0.879. The Kier molecular flexibility index (Phi) is 14.4. The van der Waals surface area contributed by atoms with Crippen LogP contribution in [0.3, 0.4) is 0 Å². The average Bonchev–Trinajstić information content (AvgIpc) is 3.40. The van der Waals surface area contributed by atoms with Crippen molar-refractivity contribution < 1.29 is 55.9 Å². The van der Waals surface area contributed by atoms with Crippen molar-refractivity contribution in [2.45, 2.75) is 0 Å². The monoisotopic (exact) mass is 571 g/mol. The first-order chi connectivity index (χ1) is 17.4. The summed E-state index contributed by atoms with van der Waals surface area (Å²) in [5.74, 6) is -2.64. The number of fused-ring (bicyclic) bond motifs is 1. The molecule has 37 heavy (non-hydrogen) atoms. The standard InChI is InChI=1S/C9H7.3C7H6O2.Zr/c1-2-5-9-7-3-6-8(9)4-1;3*8-7(9)6-4-2-1-3-5-6;/h1-7H;3*1-5H,(H,8,9);/q-1;;;;. The predicted octanol–water partition coefficient (Wildman–Crippen LogP) is 6.71. The molecule has 0 aliphatic carbocycles. The molecule has 5 aromatic carbocycles. The molecule has 0 aliphatic rings. The molecule has 6 nitrogen and oxygen atoms in total. The second kappa shape index (κ2) is 17.3. The summed E-state index contributed by atoms with van der Waals surface area (Å²) in [5.41, 5.74) is 0.993. The molecule has 5 aromatic rings. The average molecular weight is 573 g/mol. The summed E-state index contributed by atoms with van der Waals surface area (Å²) in [6.07, 6.45) is 0. The molecular weight excluding hydrogens is 548 g/mol. The second-order valence-corrected chi connectivity index (χ2v) is 7.17. The van der Waals surface area contributed by atoms with Gasteiger partial charge >= 0.3 is 17.9 Å². The summed E-state index contributed by atoms with van der Waals surface area (Å²) < 4.78 is 0. The summed E-state index contributed by atoms with van der Waals surface area (Å²) in [5, 5.41) is 27.8. The van der Waals surface area contributed by atoms with E-state index in [9.17, 15) is 14.4 Å². The van der Waals surface area contributed by atoms with Crippen LogP contribution in [-0.2, 0) is 26.2 Å². The quantitative estimate of drug-likeness (QED) is 0.207. The van der Waals surface area contributed by atoms with Gasteiger partial charge in [-0.15, -0.1) is 29.7 Å². The first-order valence-electron chi connectivity index (χ1n) is 10.8. The van der Waals surface area contributed by atoms with Gasteiger partial charge in [-0.3, -0.25) is 0 Å². The molecule has 0 saturated carbocycles. The Morgan fingerprint density at radius 1 is 0.459 bits per heavy atom. The molecular formula is C30H25O6Zr-. The van der Waals surface area contributed by atoms with Gasteiger partial charge in [0.25, 0.3) is 0 Å². The molecule has 0 radical (unpaired) electrons. The number of hydrogen-bond donors (Lipinski definition) is 3. The first kappa shape index (κ1) is 30.8. The van der Waals surface area contributed by atoms with Gasteiger partial charge in [0.15, 0.2) is 0 Å². The van der Waals surface area contributed by atoms with Gasteiger partial charge < -0.3 is 15.3 Å². The van der Waals surface area contributed by atoms with Gasteiger partial charge in [-0.2, -0.15) is 17.5 Å². The fraction of sp³-hybridized carbons (Fsp3) is 0. The predicted molar refractivity (Wildman–Crippen MR) is 140 cm³/mol. The third kappa shape index (κ3) is 11.8. The maximum Gasteiger partial charge on any atom is 0.335 e. The maximum atomic E-state index is 10.2. The van der Waals surface area contributed by atoms with Gasteiger partial charge in [0.05, 0.1) is 16.7 Å². The molecule has 0 amide bonds. The van der Waals surface area contributed by atoms with Gasteiger partial charge in [0.1, 0.15) is 0 Å². The van der Waals surface area contributed by atoms with E-state index >= 15 is 0 Å². The second-order valence-electron chi connectivity index (χ2n) is 7.17. The topological polar surface area (TPSA) is 112 Å². The van der Waals surface area contributed by atoms with Gasteiger partial charge in [-0.05, 0) is 36.4 Å². The smallest absolute Gasteiger partial charge is 0.335 e. The molecule has 0 unspecified atom stereocenters. The van der Waals surface area contributed by atoms with Crippen molar-refractivity contribution in [1.29, 1.82) is 0 Å². The largest absolute Gasteiger partial charge is 0.478 e. The summed E-state index contributed by atoms with van der Waals surface area (Å²) in [4.78, 5) is 30.6. The zero-order valence-corrected chi connectivity index (χ0v) is 22.2. The molecule has 186 valence electrons. The van der Waals surface area contributed by atoms with E-state index in [2.05, 4.69) is 42.5 Å². The Labute approximate surface area is 234 Å². The van der Waals surface area contributed by atoms with Crippen molar-refractivity contribution >= 4 is 28.7 Å². The third-order valence-electron chi connectivity index (χ3n) is 4.61. The Bertz CT molecular complexity index is 1200. The number of hydrogen-bond acceptors (Lipinski definition) is 3. The number of carboxylic acid groups (broad SMARTS) is 3. The van der Waals surface area contributed by atoms with Crippen molar-refractivity contribution in [3.8, 4) is 0 Å². The number of aromatic carboxylic acids is 3. The van der Waals surface area contributed by atoms with Gasteiger partial charge in [-0.25, -0.2) is 14.4 Å². The SMILES string of the molecule is O=C(O)c1ccccc1.O=C(O)c1ccccc1.O=C(O)c1ccccc1.[Zr].c1ccc2[cH-]ccc2c1. The molecule has 0 fully saturated rings. The number of carbonyl (C=O) groups is 3. The number of benzene rings is 4. The minimum absolute atomic E-state index is 0. The molecule has 3 N–H and O–H groups in total. The van der Waals surface area contributed by atoms with E-state index in [0.29, 0.717) is 16.7 Å². The molecule has 0 aliphatic heterocycles. The third-order valence-corrected chi connectivity index (χ3v) is 4.61. The van der Waals surface area contributed by atoms with Crippen molar-refractivity contribution in [1.82, 2.24) is 0 Å². The molecule has 7 heteroatoms. The summed E-state index contributed by atoms with van der Waals surface area (Å²) in [6.45, 7) is 0. The summed E-state index contributed by atoms with van der Waals surface area (Å²) >= 11 is 0. The molecule has 0 spiro atoms. The van der Waals surface area contributed by atoms with Crippen LogP contribution in [0.5, 0.6) is 0 Å². The van der Waals surface area contributed by atoms with E-state index in [-0.39, 0.29) is 26.2 Å². The van der Waals surface area contributed by atoms with Crippen LogP contribution >= 0.6 is 0 Å². The molecule has 0 heterocycles. The van der Waals surface area contributed by atoms with Crippen LogP contribution in [0.2, 0.25) is 0 Å². The summed E-state index contributed by atoms with van der Waals surface area (Å²) in [7, 11) is 0. The maximum absolute atomic E-state index is 10.2. The molecule has 0 bridgehead atoms. The molecule has 5 rings (SSSR count). The zero-order valence-electron chi connectivity index (χ0n) is 19.8. The van der Waals surface area contributed by atoms with Crippen molar-refractivity contribution in [3.05, 3.63) is 150 Å². The van der Waals surface area contributed by atoms with E-state index in [1.807, 2.05) is 0 Å². The van der Waals surface area contributed by atoms with E-state index in [1.165, 1.54) is 10.8 Å². The van der Waals surface area contributed by atoms with E-state index in [1.54, 1.807) is 91.0 Å². The van der Waals surface area contributed by atoms with Crippen LogP contribution in [0, 0.1) is 0 Å². The van der Waals surface area contributed by atoms with Crippen LogP contribution in [0.15, 0.2) is 133 Å². The van der Waals surface area contributed by atoms with E-state index in [4.69, 9.17) is 15.3 Å². The number of rotatable bonds is 3. The van der Waals surface area contributed by atoms with E-state index < -0.39 is 17.9 Å². The zero-order chi connectivity index (χ0) is 26.2. The number of carboxylic acids is 3. The molecule has 0 saturated heterocycles. The Morgan fingerprint density at radius 2 is 0.784 bits per heavy atom. The van der Waals surface area contributed by atoms with Crippen LogP contribution in [0.4, 0.5) is 0 Å².